The van der Waals surface area contributed by atoms with E-state index in [9.17, 15) is 15.2 Å². The molecule has 0 aliphatic rings. The van der Waals surface area contributed by atoms with Crippen molar-refractivity contribution in [2.45, 2.75) is 47.0 Å². The van der Waals surface area contributed by atoms with Gasteiger partial charge in [0.15, 0.2) is 0 Å². The van der Waals surface area contributed by atoms with E-state index in [1.165, 1.54) is 6.21 Å². The van der Waals surface area contributed by atoms with Crippen LogP contribution in [0, 0.1) is 23.7 Å². The predicted octanol–water partition coefficient (Wildman–Crippen LogP) is 5.86. The zero-order chi connectivity index (χ0) is 24.4. The van der Waals surface area contributed by atoms with E-state index in [0.717, 1.165) is 11.1 Å². The molecule has 1 rings (SSSR count). The van der Waals surface area contributed by atoms with E-state index in [-0.39, 0.29) is 17.9 Å². The first-order valence-corrected chi connectivity index (χ1v) is 10.2. The zero-order valence-corrected chi connectivity index (χ0v) is 19.5. The first kappa shape index (κ1) is 26.3. The Labute approximate surface area is 190 Å². The summed E-state index contributed by atoms with van der Waals surface area (Å²) in [5, 5.41) is 26.7. The van der Waals surface area contributed by atoms with E-state index in [1.807, 2.05) is 26.8 Å². The monoisotopic (exact) mass is 433 g/mol. The topological polar surface area (TPSA) is 107 Å². The molecular weight excluding hydrogens is 402 g/mol. The highest BCUT2D eigenvalue weighted by molar-refractivity contribution is 5.91. The molecule has 0 aliphatic heterocycles. The number of allylic oxidation sites excluding steroid dienone is 4. The Hall–Kier alpha value is -3.72. The Morgan fingerprint density at radius 1 is 1.34 bits per heavy atom. The normalized spacial score (nSPS) is 12.7. The van der Waals surface area contributed by atoms with Crippen LogP contribution in [0.5, 0.6) is 0 Å². The van der Waals surface area contributed by atoms with Crippen LogP contribution in [0.3, 0.4) is 0 Å². The molecule has 0 saturated carbocycles. The van der Waals surface area contributed by atoms with Gasteiger partial charge in [-0.05, 0) is 76.4 Å². The number of aryl methyl sites for hydroxylation is 1. The van der Waals surface area contributed by atoms with Crippen molar-refractivity contribution < 1.29 is 14.6 Å². The van der Waals surface area contributed by atoms with Gasteiger partial charge in [-0.1, -0.05) is 24.3 Å². The van der Waals surface area contributed by atoms with Gasteiger partial charge in [-0.2, -0.15) is 5.26 Å². The summed E-state index contributed by atoms with van der Waals surface area (Å²) in [5.74, 6) is -1.55. The van der Waals surface area contributed by atoms with Crippen molar-refractivity contribution in [3.8, 4) is 6.07 Å². The molecule has 0 unspecified atom stereocenters. The number of carboxylic acid groups (broad SMARTS) is 1. The van der Waals surface area contributed by atoms with Gasteiger partial charge in [0.05, 0.1) is 23.9 Å². The van der Waals surface area contributed by atoms with Crippen molar-refractivity contribution in [2.24, 2.45) is 4.99 Å². The molecule has 0 radical (unpaired) electrons. The molecule has 1 aromatic rings. The van der Waals surface area contributed by atoms with Crippen LogP contribution in [-0.4, -0.2) is 30.6 Å². The molecule has 0 fully saturated rings. The number of nitriles is 1. The van der Waals surface area contributed by atoms with E-state index < -0.39 is 11.9 Å². The Balaban J connectivity index is 4.08. The number of rotatable bonds is 11. The summed E-state index contributed by atoms with van der Waals surface area (Å²) >= 11 is 0. The summed E-state index contributed by atoms with van der Waals surface area (Å²) in [6, 6.07) is 7.27. The first-order valence-electron chi connectivity index (χ1n) is 10.2. The highest BCUT2D eigenvalue weighted by Crippen LogP contribution is 2.42. The van der Waals surface area contributed by atoms with Crippen molar-refractivity contribution >= 4 is 18.9 Å². The van der Waals surface area contributed by atoms with Crippen LogP contribution in [0.4, 0.5) is 0 Å². The maximum atomic E-state index is 12.4. The van der Waals surface area contributed by atoms with Crippen molar-refractivity contribution in [3.63, 3.8) is 0 Å². The molecule has 1 atom stereocenters. The summed E-state index contributed by atoms with van der Waals surface area (Å²) in [5.41, 5.74) is 4.53. The van der Waals surface area contributed by atoms with Crippen molar-refractivity contribution in [3.05, 3.63) is 81.3 Å². The van der Waals surface area contributed by atoms with Crippen LogP contribution >= 0.6 is 0 Å². The third-order valence-electron chi connectivity index (χ3n) is 5.11. The molecule has 0 aliphatic carbocycles. The molecule has 6 heteroatoms. The number of carbonyl (C=O) groups is 1. The Bertz CT molecular complexity index is 1050. The number of carboxylic acids is 1. The Morgan fingerprint density at radius 2 is 2.00 bits per heavy atom. The maximum absolute atomic E-state index is 12.4. The van der Waals surface area contributed by atoms with Gasteiger partial charge < -0.3 is 15.3 Å². The van der Waals surface area contributed by atoms with Crippen LogP contribution < -0.4 is 0 Å². The second kappa shape index (κ2) is 12.2. The summed E-state index contributed by atoms with van der Waals surface area (Å²) in [6.45, 7) is 17.1. The summed E-state index contributed by atoms with van der Waals surface area (Å²) < 4.78 is 5.83. The second-order valence-electron chi connectivity index (χ2n) is 7.49. The molecule has 0 saturated heterocycles. The number of hydrogen-bond acceptors (Lipinski definition) is 5. The van der Waals surface area contributed by atoms with Crippen LogP contribution in [0.2, 0.25) is 0 Å². The molecule has 0 aromatic heterocycles. The molecule has 6 nitrogen and oxygen atoms in total. The molecule has 168 valence electrons. The number of aliphatic carboxylic acids is 1. The maximum Gasteiger partial charge on any atom is 0.332 e. The van der Waals surface area contributed by atoms with Crippen LogP contribution in [0.15, 0.2) is 69.6 Å². The largest absolute Gasteiger partial charge is 0.493 e. The fraction of sp³-hybridized carbons (Fsp3) is 0.308. The van der Waals surface area contributed by atoms with E-state index >= 15 is 0 Å². The van der Waals surface area contributed by atoms with Gasteiger partial charge in [-0.25, -0.2) is 4.79 Å². The number of hydrogen-bond donors (Lipinski definition) is 2. The van der Waals surface area contributed by atoms with Crippen LogP contribution in [0.1, 0.15) is 56.7 Å². The molecule has 0 bridgehead atoms. The van der Waals surface area contributed by atoms with Crippen molar-refractivity contribution in [1.29, 1.82) is 10.7 Å². The van der Waals surface area contributed by atoms with Gasteiger partial charge >= 0.3 is 5.97 Å². The van der Waals surface area contributed by atoms with E-state index in [2.05, 4.69) is 24.4 Å². The lowest BCUT2D eigenvalue weighted by atomic mass is 9.78. The third-order valence-corrected chi connectivity index (χ3v) is 5.11. The minimum Gasteiger partial charge on any atom is -0.493 e. The number of benzene rings is 1. The molecule has 32 heavy (non-hydrogen) atoms. The molecule has 0 amide bonds. The number of aliphatic imine (C=N–C) groups is 1. The average molecular weight is 434 g/mol. The molecule has 2 N–H and O–H groups in total. The molecule has 0 spiro atoms. The predicted molar refractivity (Wildman–Crippen MR) is 129 cm³/mol. The van der Waals surface area contributed by atoms with E-state index in [4.69, 9.17) is 10.1 Å². The highest BCUT2D eigenvalue weighted by atomic mass is 16.5. The third kappa shape index (κ3) is 6.14. The van der Waals surface area contributed by atoms with Gasteiger partial charge in [0.25, 0.3) is 0 Å². The van der Waals surface area contributed by atoms with Crippen molar-refractivity contribution in [1.82, 2.24) is 0 Å². The summed E-state index contributed by atoms with van der Waals surface area (Å²) in [6.07, 6.45) is 3.49. The number of nitrogens with zero attached hydrogens (tertiary/aromatic N) is 2. The van der Waals surface area contributed by atoms with Gasteiger partial charge in [0, 0.05) is 23.5 Å². The second-order valence-corrected chi connectivity index (χ2v) is 7.49. The van der Waals surface area contributed by atoms with Crippen molar-refractivity contribution in [2.75, 3.05) is 6.61 Å². The van der Waals surface area contributed by atoms with Crippen LogP contribution in [0.25, 0.3) is 0 Å². The van der Waals surface area contributed by atoms with Gasteiger partial charge in [-0.15, -0.1) is 0 Å². The van der Waals surface area contributed by atoms with Gasteiger partial charge in [0.2, 0.25) is 0 Å². The molecule has 0 heterocycles. The summed E-state index contributed by atoms with van der Waals surface area (Å²) in [4.78, 5) is 16.7. The minimum absolute atomic E-state index is 0.176. The lowest BCUT2D eigenvalue weighted by Crippen LogP contribution is -2.19. The average Bonchev–Trinajstić information content (AvgIpc) is 2.75. The first-order chi connectivity index (χ1) is 15.1. The molecular formula is C26H31N3O3. The minimum atomic E-state index is -1.06. The van der Waals surface area contributed by atoms with Gasteiger partial charge in [-0.3, -0.25) is 4.99 Å². The van der Waals surface area contributed by atoms with E-state index in [1.54, 1.807) is 32.0 Å². The van der Waals surface area contributed by atoms with E-state index in [0.29, 0.717) is 34.4 Å². The highest BCUT2D eigenvalue weighted by Gasteiger charge is 2.33. The molecule has 1 aromatic carbocycles. The zero-order valence-electron chi connectivity index (χ0n) is 19.5. The Kier molecular flexibility index (Phi) is 10.0. The fourth-order valence-electron chi connectivity index (χ4n) is 3.46. The lowest BCUT2D eigenvalue weighted by molar-refractivity contribution is -0.132. The standard InChI is InChI=1S/C26H31N3O3/c1-8-17(4)25(29-7)23(19(6)32-13-9-12-27)24(22(16(2)3)26(30)31)21-11-10-20(15-28)14-18(21)5/h8,10-12,14,24,27H,6-7,9,13H2,1-5H3,(H,30,31)/b17-8-,25-23-,27-12?/t24-/m1/s1. The number of ether oxygens (including phenoxy) is 1. The van der Waals surface area contributed by atoms with Gasteiger partial charge in [0.1, 0.15) is 5.76 Å². The number of nitrogens with one attached hydrogen (secondary N) is 1. The lowest BCUT2D eigenvalue weighted by Gasteiger charge is -2.28. The summed E-state index contributed by atoms with van der Waals surface area (Å²) in [7, 11) is 0. The van der Waals surface area contributed by atoms with Crippen LogP contribution in [-0.2, 0) is 9.53 Å². The smallest absolute Gasteiger partial charge is 0.332 e. The SMILES string of the molecule is C=NC(/C(C)=C\C)=C(/C(=C)OCCC=N)[C@@H](C(C(=O)O)=C(C)C)c1ccc(C#N)cc1C. The Morgan fingerprint density at radius 3 is 2.44 bits per heavy atom. The fourth-order valence-corrected chi connectivity index (χ4v) is 3.46. The quantitative estimate of drug-likeness (QED) is 0.150.